The lowest BCUT2D eigenvalue weighted by molar-refractivity contribution is 0.588. The van der Waals surface area contributed by atoms with Gasteiger partial charge >= 0.3 is 0 Å². The lowest BCUT2D eigenvalue weighted by Gasteiger charge is -2.29. The van der Waals surface area contributed by atoms with E-state index in [2.05, 4.69) is 20.2 Å². The molecule has 1 saturated heterocycles. The summed E-state index contributed by atoms with van der Waals surface area (Å²) in [5.74, 6) is -0.455. The van der Waals surface area contributed by atoms with Crippen LogP contribution in [0.3, 0.4) is 0 Å². The van der Waals surface area contributed by atoms with Crippen molar-refractivity contribution >= 4 is 11.3 Å². The van der Waals surface area contributed by atoms with E-state index in [1.165, 1.54) is 22.7 Å². The van der Waals surface area contributed by atoms with Gasteiger partial charge in [-0.05, 0) is 18.2 Å². The SMILES string of the molecule is O=c1cc(-c2cncc(F)c2)nc2ccc(N3CCNCC3)cn12. The molecule has 122 valence electrons. The first-order valence-electron chi connectivity index (χ1n) is 7.81. The van der Waals surface area contributed by atoms with Gasteiger partial charge in [-0.3, -0.25) is 14.2 Å². The second kappa shape index (κ2) is 6.01. The zero-order chi connectivity index (χ0) is 16.5. The Balaban J connectivity index is 1.78. The molecule has 0 unspecified atom stereocenters. The molecule has 3 aromatic heterocycles. The van der Waals surface area contributed by atoms with E-state index in [9.17, 15) is 9.18 Å². The first kappa shape index (κ1) is 14.8. The predicted molar refractivity (Wildman–Crippen MR) is 89.7 cm³/mol. The van der Waals surface area contributed by atoms with Gasteiger partial charge in [0, 0.05) is 50.2 Å². The van der Waals surface area contributed by atoms with Gasteiger partial charge < -0.3 is 10.2 Å². The Morgan fingerprint density at radius 2 is 1.96 bits per heavy atom. The number of hydrogen-bond donors (Lipinski definition) is 1. The van der Waals surface area contributed by atoms with Gasteiger partial charge in [-0.2, -0.15) is 0 Å². The molecule has 3 aromatic rings. The molecular formula is C17H16FN5O. The fourth-order valence-electron chi connectivity index (χ4n) is 2.90. The molecule has 0 amide bonds. The van der Waals surface area contributed by atoms with Gasteiger partial charge in [0.25, 0.3) is 5.56 Å². The van der Waals surface area contributed by atoms with Crippen molar-refractivity contribution < 1.29 is 4.39 Å². The van der Waals surface area contributed by atoms with Crippen molar-refractivity contribution in [2.45, 2.75) is 0 Å². The second-order valence-electron chi connectivity index (χ2n) is 5.72. The van der Waals surface area contributed by atoms with E-state index < -0.39 is 5.82 Å². The maximum absolute atomic E-state index is 13.3. The highest BCUT2D eigenvalue weighted by atomic mass is 19.1. The van der Waals surface area contributed by atoms with E-state index in [4.69, 9.17) is 0 Å². The first-order chi connectivity index (χ1) is 11.7. The summed E-state index contributed by atoms with van der Waals surface area (Å²) < 4.78 is 14.9. The minimum Gasteiger partial charge on any atom is -0.368 e. The third-order valence-corrected chi connectivity index (χ3v) is 4.13. The van der Waals surface area contributed by atoms with Crippen LogP contribution in [0.25, 0.3) is 16.9 Å². The number of aromatic nitrogens is 3. The summed E-state index contributed by atoms with van der Waals surface area (Å²) in [5.41, 5.74) is 2.23. The fraction of sp³-hybridized carbons (Fsp3) is 0.235. The molecule has 1 aliphatic heterocycles. The van der Waals surface area contributed by atoms with E-state index in [0.717, 1.165) is 38.1 Å². The molecular weight excluding hydrogens is 309 g/mol. The van der Waals surface area contributed by atoms with Gasteiger partial charge in [0.05, 0.1) is 17.6 Å². The van der Waals surface area contributed by atoms with Crippen LogP contribution >= 0.6 is 0 Å². The van der Waals surface area contributed by atoms with Crippen LogP contribution < -0.4 is 15.8 Å². The molecule has 24 heavy (non-hydrogen) atoms. The summed E-state index contributed by atoms with van der Waals surface area (Å²) in [6.07, 6.45) is 4.43. The number of pyridine rings is 2. The summed E-state index contributed by atoms with van der Waals surface area (Å²) in [5, 5.41) is 3.30. The summed E-state index contributed by atoms with van der Waals surface area (Å²) in [6, 6.07) is 6.50. The van der Waals surface area contributed by atoms with Crippen molar-refractivity contribution in [1.82, 2.24) is 19.7 Å². The van der Waals surface area contributed by atoms with E-state index in [1.807, 2.05) is 18.3 Å². The monoisotopic (exact) mass is 325 g/mol. The zero-order valence-corrected chi connectivity index (χ0v) is 12.9. The largest absolute Gasteiger partial charge is 0.368 e. The van der Waals surface area contributed by atoms with Crippen LogP contribution in [-0.4, -0.2) is 40.5 Å². The topological polar surface area (TPSA) is 62.5 Å². The number of fused-ring (bicyclic) bond motifs is 1. The molecule has 1 aliphatic rings. The zero-order valence-electron chi connectivity index (χ0n) is 12.9. The molecule has 7 heteroatoms. The van der Waals surface area contributed by atoms with Crippen LogP contribution in [0.15, 0.2) is 47.7 Å². The quantitative estimate of drug-likeness (QED) is 0.770. The number of hydrogen-bond acceptors (Lipinski definition) is 5. The molecule has 0 bridgehead atoms. The third-order valence-electron chi connectivity index (χ3n) is 4.13. The van der Waals surface area contributed by atoms with Crippen molar-refractivity contribution in [3.05, 3.63) is 59.0 Å². The Morgan fingerprint density at radius 3 is 2.75 bits per heavy atom. The van der Waals surface area contributed by atoms with Crippen LogP contribution in [0.2, 0.25) is 0 Å². The number of nitrogens with zero attached hydrogens (tertiary/aromatic N) is 4. The van der Waals surface area contributed by atoms with Crippen LogP contribution in [-0.2, 0) is 0 Å². The lowest BCUT2D eigenvalue weighted by Crippen LogP contribution is -2.43. The van der Waals surface area contributed by atoms with E-state index >= 15 is 0 Å². The molecule has 0 atom stereocenters. The van der Waals surface area contributed by atoms with Crippen LogP contribution in [0.1, 0.15) is 0 Å². The highest BCUT2D eigenvalue weighted by Crippen LogP contribution is 2.18. The molecule has 1 N–H and O–H groups in total. The van der Waals surface area contributed by atoms with Crippen molar-refractivity contribution in [2.75, 3.05) is 31.1 Å². The Kier molecular flexibility index (Phi) is 3.70. The van der Waals surface area contributed by atoms with Gasteiger partial charge in [0.1, 0.15) is 11.5 Å². The van der Waals surface area contributed by atoms with Crippen molar-refractivity contribution in [3.63, 3.8) is 0 Å². The summed E-state index contributed by atoms with van der Waals surface area (Å²) >= 11 is 0. The molecule has 0 aliphatic carbocycles. The van der Waals surface area contributed by atoms with Gasteiger partial charge in [0.15, 0.2) is 0 Å². The van der Waals surface area contributed by atoms with Crippen molar-refractivity contribution in [1.29, 1.82) is 0 Å². The van der Waals surface area contributed by atoms with E-state index in [1.54, 1.807) is 0 Å². The fourth-order valence-corrected chi connectivity index (χ4v) is 2.90. The Hall–Kier alpha value is -2.80. The predicted octanol–water partition coefficient (Wildman–Crippen LogP) is 1.31. The normalized spacial score (nSPS) is 15.0. The Morgan fingerprint density at radius 1 is 1.12 bits per heavy atom. The van der Waals surface area contributed by atoms with E-state index in [0.29, 0.717) is 16.9 Å². The van der Waals surface area contributed by atoms with Crippen LogP contribution in [0, 0.1) is 5.82 Å². The number of piperazine rings is 1. The number of rotatable bonds is 2. The highest BCUT2D eigenvalue weighted by molar-refractivity contribution is 5.61. The Labute approximate surface area is 137 Å². The average Bonchev–Trinajstić information content (AvgIpc) is 2.62. The highest BCUT2D eigenvalue weighted by Gasteiger charge is 2.12. The molecule has 6 nitrogen and oxygen atoms in total. The van der Waals surface area contributed by atoms with Crippen LogP contribution in [0.5, 0.6) is 0 Å². The number of nitrogens with one attached hydrogen (secondary N) is 1. The van der Waals surface area contributed by atoms with Gasteiger partial charge in [-0.25, -0.2) is 9.37 Å². The van der Waals surface area contributed by atoms with Crippen molar-refractivity contribution in [3.8, 4) is 11.3 Å². The second-order valence-corrected chi connectivity index (χ2v) is 5.72. The smallest absolute Gasteiger partial charge is 0.258 e. The minimum atomic E-state index is -0.455. The molecule has 1 fully saturated rings. The van der Waals surface area contributed by atoms with Gasteiger partial charge in [-0.1, -0.05) is 0 Å². The number of anilines is 1. The van der Waals surface area contributed by atoms with Gasteiger partial charge in [0.2, 0.25) is 0 Å². The lowest BCUT2D eigenvalue weighted by atomic mass is 10.2. The molecule has 0 spiro atoms. The molecule has 0 saturated carbocycles. The van der Waals surface area contributed by atoms with E-state index in [-0.39, 0.29) is 5.56 Å². The summed E-state index contributed by atoms with van der Waals surface area (Å²) in [7, 11) is 0. The first-order valence-corrected chi connectivity index (χ1v) is 7.81. The van der Waals surface area contributed by atoms with Crippen molar-refractivity contribution in [2.24, 2.45) is 0 Å². The molecule has 4 heterocycles. The standard InChI is InChI=1S/C17H16FN5O/c18-13-7-12(9-20-10-13)15-8-17(24)23-11-14(1-2-16(23)21-15)22-5-3-19-4-6-22/h1-2,7-11,19H,3-6H2. The van der Waals surface area contributed by atoms with Gasteiger partial charge in [-0.15, -0.1) is 0 Å². The maximum atomic E-state index is 13.3. The number of halogens is 1. The molecule has 0 radical (unpaired) electrons. The molecule has 0 aromatic carbocycles. The maximum Gasteiger partial charge on any atom is 0.258 e. The third kappa shape index (κ3) is 2.74. The summed E-state index contributed by atoms with van der Waals surface area (Å²) in [4.78, 5) is 23.0. The molecule has 4 rings (SSSR count). The summed E-state index contributed by atoms with van der Waals surface area (Å²) in [6.45, 7) is 3.66. The minimum absolute atomic E-state index is 0.198. The average molecular weight is 325 g/mol. The Bertz CT molecular complexity index is 949. The van der Waals surface area contributed by atoms with Crippen LogP contribution in [0.4, 0.5) is 10.1 Å².